The molecule has 1 nitrogen and oxygen atoms in total. The molecule has 0 spiro atoms. The second-order valence-corrected chi connectivity index (χ2v) is 11.2. The number of hydrogen-bond acceptors (Lipinski definition) is 1. The van der Waals surface area contributed by atoms with E-state index < -0.39 is 22.2 Å². The van der Waals surface area contributed by atoms with Crippen LogP contribution in [0.4, 0.5) is 0 Å². The van der Waals surface area contributed by atoms with Gasteiger partial charge in [0.05, 0.1) is 0 Å². The molecule has 0 bridgehead atoms. The molecule has 0 aliphatic heterocycles. The number of allylic oxidation sites excluding steroid dienone is 8. The molecule has 0 saturated heterocycles. The van der Waals surface area contributed by atoms with Gasteiger partial charge in [0.25, 0.3) is 0 Å². The Hall–Kier alpha value is -1.14. The van der Waals surface area contributed by atoms with Crippen LogP contribution >= 0.6 is 0 Å². The van der Waals surface area contributed by atoms with Crippen LogP contribution in [0, 0.1) is 13.8 Å². The van der Waals surface area contributed by atoms with Crippen LogP contribution in [0.25, 0.3) is 0 Å². The van der Waals surface area contributed by atoms with Crippen LogP contribution in [-0.4, -0.2) is 0 Å². The van der Waals surface area contributed by atoms with Crippen molar-refractivity contribution in [3.8, 4) is 5.75 Å². The molecular formula is C18H19OZr. The number of benzene rings is 1. The van der Waals surface area contributed by atoms with Gasteiger partial charge < -0.3 is 0 Å². The molecule has 0 atom stereocenters. The monoisotopic (exact) mass is 341 g/mol. The maximum absolute atomic E-state index is 6.54. The van der Waals surface area contributed by atoms with Gasteiger partial charge in [-0.3, -0.25) is 0 Å². The predicted octanol–water partition coefficient (Wildman–Crippen LogP) is 5.04. The molecule has 0 aromatic heterocycles. The summed E-state index contributed by atoms with van der Waals surface area (Å²) >= 11 is -2.11. The quantitative estimate of drug-likeness (QED) is 0.744. The molecule has 2 heteroatoms. The van der Waals surface area contributed by atoms with Crippen molar-refractivity contribution in [1.82, 2.24) is 0 Å². The van der Waals surface area contributed by atoms with E-state index in [2.05, 4.69) is 80.7 Å². The number of hydrogen-bond donors (Lipinski definition) is 0. The van der Waals surface area contributed by atoms with Crippen molar-refractivity contribution in [1.29, 1.82) is 0 Å². The van der Waals surface area contributed by atoms with Gasteiger partial charge in [0, 0.05) is 0 Å². The van der Waals surface area contributed by atoms with Crippen LogP contribution in [0.3, 0.4) is 0 Å². The molecule has 0 fully saturated rings. The molecule has 0 saturated carbocycles. The predicted molar refractivity (Wildman–Crippen MR) is 80.6 cm³/mol. The average molecular weight is 343 g/mol. The first-order valence-corrected chi connectivity index (χ1v) is 10.9. The Morgan fingerprint density at radius 3 is 1.65 bits per heavy atom. The fourth-order valence-electron chi connectivity index (χ4n) is 2.73. The molecule has 20 heavy (non-hydrogen) atoms. The van der Waals surface area contributed by atoms with Gasteiger partial charge in [-0.05, 0) is 0 Å². The van der Waals surface area contributed by atoms with E-state index in [1.165, 1.54) is 11.1 Å². The van der Waals surface area contributed by atoms with Crippen molar-refractivity contribution >= 4 is 0 Å². The van der Waals surface area contributed by atoms with Gasteiger partial charge in [-0.25, -0.2) is 0 Å². The van der Waals surface area contributed by atoms with Crippen LogP contribution in [0.15, 0.2) is 66.8 Å². The van der Waals surface area contributed by atoms with Crippen LogP contribution in [-0.2, 0) is 22.2 Å². The third kappa shape index (κ3) is 3.12. The van der Waals surface area contributed by atoms with Crippen molar-refractivity contribution in [3.63, 3.8) is 0 Å². The van der Waals surface area contributed by atoms with Crippen molar-refractivity contribution in [2.24, 2.45) is 0 Å². The van der Waals surface area contributed by atoms with Gasteiger partial charge in [-0.15, -0.1) is 0 Å². The summed E-state index contributed by atoms with van der Waals surface area (Å²) in [5, 5.41) is 0. The normalized spacial score (nSPS) is 17.3. The van der Waals surface area contributed by atoms with Crippen molar-refractivity contribution < 1.29 is 25.0 Å². The van der Waals surface area contributed by atoms with Crippen molar-refractivity contribution in [2.75, 3.05) is 0 Å². The zero-order valence-corrected chi connectivity index (χ0v) is 14.4. The standard InChI is InChI=1S/C8H10O.2C5H5.Zr/c1-6-3-7(2)5-8(9)4-6;2*1-2-4-5-3-1;/h3-5,9H,1-2H3;2*1-5H;/q;;;+1/p-1. The van der Waals surface area contributed by atoms with Crippen molar-refractivity contribution in [3.05, 3.63) is 77.9 Å². The first-order valence-electron chi connectivity index (χ1n) is 7.05. The molecule has 1 aromatic rings. The number of rotatable bonds is 4. The van der Waals surface area contributed by atoms with E-state index in [9.17, 15) is 0 Å². The first kappa shape index (κ1) is 13.8. The Bertz CT molecular complexity index is 538. The van der Waals surface area contributed by atoms with E-state index in [-0.39, 0.29) is 0 Å². The summed E-state index contributed by atoms with van der Waals surface area (Å²) < 4.78 is 7.61. The second kappa shape index (κ2) is 6.10. The van der Waals surface area contributed by atoms with E-state index in [1.807, 2.05) is 0 Å². The van der Waals surface area contributed by atoms with E-state index in [0.29, 0.717) is 7.25 Å². The molecule has 0 amide bonds. The summed E-state index contributed by atoms with van der Waals surface area (Å²) in [4.78, 5) is 0. The van der Waals surface area contributed by atoms with E-state index in [0.717, 1.165) is 5.75 Å². The van der Waals surface area contributed by atoms with Crippen LogP contribution in [0.1, 0.15) is 11.1 Å². The van der Waals surface area contributed by atoms with E-state index >= 15 is 0 Å². The summed E-state index contributed by atoms with van der Waals surface area (Å²) in [5.74, 6) is 1.05. The minimum atomic E-state index is -2.11. The zero-order chi connectivity index (χ0) is 13.9. The average Bonchev–Trinajstić information content (AvgIpc) is 3.08. The maximum atomic E-state index is 6.54. The molecule has 0 heterocycles. The Morgan fingerprint density at radius 1 is 0.750 bits per heavy atom. The second-order valence-electron chi connectivity index (χ2n) is 5.42. The topological polar surface area (TPSA) is 9.23 Å². The first-order chi connectivity index (χ1) is 9.72. The fourth-order valence-corrected chi connectivity index (χ4v) is 8.41. The van der Waals surface area contributed by atoms with Crippen molar-refractivity contribution in [2.45, 2.75) is 21.1 Å². The summed E-state index contributed by atoms with van der Waals surface area (Å²) in [7, 11) is 0. The molecule has 2 aliphatic rings. The summed E-state index contributed by atoms with van der Waals surface area (Å²) in [6.45, 7) is 4.27. The zero-order valence-electron chi connectivity index (χ0n) is 11.9. The fraction of sp³-hybridized carbons (Fsp3) is 0.222. The molecular weight excluding hydrogens is 323 g/mol. The Kier molecular flexibility index (Phi) is 4.22. The molecule has 2 aliphatic carbocycles. The molecule has 3 rings (SSSR count). The molecule has 101 valence electrons. The van der Waals surface area contributed by atoms with Gasteiger partial charge in [0.1, 0.15) is 0 Å². The SMILES string of the molecule is Cc1cc(C)cc([O][Zr]([CH]2C=CC=C2)[CH]2C=CC=C2)c1. The van der Waals surface area contributed by atoms with Gasteiger partial charge in [0.15, 0.2) is 0 Å². The van der Waals surface area contributed by atoms with E-state index in [1.54, 1.807) is 0 Å². The summed E-state index contributed by atoms with van der Waals surface area (Å²) in [6, 6.07) is 6.53. The molecule has 0 unspecified atom stereocenters. The Morgan fingerprint density at radius 2 is 1.20 bits per heavy atom. The molecule has 1 aromatic carbocycles. The third-order valence-corrected chi connectivity index (χ3v) is 9.87. The van der Waals surface area contributed by atoms with E-state index in [4.69, 9.17) is 2.81 Å². The van der Waals surface area contributed by atoms with Crippen LogP contribution < -0.4 is 2.81 Å². The summed E-state index contributed by atoms with van der Waals surface area (Å²) in [5.41, 5.74) is 2.55. The third-order valence-electron chi connectivity index (χ3n) is 3.58. The molecule has 0 radical (unpaired) electrons. The molecule has 0 N–H and O–H groups in total. The van der Waals surface area contributed by atoms with Gasteiger partial charge >= 0.3 is 130 Å². The van der Waals surface area contributed by atoms with Crippen LogP contribution in [0.2, 0.25) is 7.25 Å². The van der Waals surface area contributed by atoms with Gasteiger partial charge in [0.2, 0.25) is 0 Å². The Balaban J connectivity index is 1.85. The van der Waals surface area contributed by atoms with Crippen LogP contribution in [0.5, 0.6) is 5.75 Å². The summed E-state index contributed by atoms with van der Waals surface area (Å²) in [6.07, 6.45) is 17.8. The Labute approximate surface area is 129 Å². The van der Waals surface area contributed by atoms with Gasteiger partial charge in [-0.1, -0.05) is 0 Å². The number of aryl methyl sites for hydroxylation is 2. The minimum absolute atomic E-state index is 0.538. The van der Waals surface area contributed by atoms with Gasteiger partial charge in [-0.2, -0.15) is 0 Å².